The van der Waals surface area contributed by atoms with Crippen molar-refractivity contribution in [3.63, 3.8) is 0 Å². The number of nitro groups is 1. The van der Waals surface area contributed by atoms with Crippen LogP contribution in [0.1, 0.15) is 0 Å². The number of non-ortho nitro benzene ring substituents is 1. The van der Waals surface area contributed by atoms with E-state index in [0.29, 0.717) is 18.1 Å². The molecular formula is C16H16N2O5S2. The molecule has 132 valence electrons. The molecule has 0 bridgehead atoms. The monoisotopic (exact) mass is 380 g/mol. The molecule has 3 rings (SSSR count). The Hall–Kier alpha value is -1.94. The Morgan fingerprint density at radius 3 is 2.40 bits per heavy atom. The molecule has 25 heavy (non-hydrogen) atoms. The predicted octanol–water partition coefficient (Wildman–Crippen LogP) is 2.77. The fourth-order valence-electron chi connectivity index (χ4n) is 2.44. The number of morpholine rings is 1. The Morgan fingerprint density at radius 2 is 1.76 bits per heavy atom. The number of nitrogens with zero attached hydrogens (tertiary/aromatic N) is 2. The van der Waals surface area contributed by atoms with Gasteiger partial charge < -0.3 is 4.74 Å². The van der Waals surface area contributed by atoms with Crippen molar-refractivity contribution >= 4 is 27.5 Å². The van der Waals surface area contributed by atoms with E-state index in [1.165, 1.54) is 28.2 Å². The minimum atomic E-state index is -3.84. The maximum atomic E-state index is 13.0. The summed E-state index contributed by atoms with van der Waals surface area (Å²) in [4.78, 5) is 11.8. The third-order valence-electron chi connectivity index (χ3n) is 3.70. The quantitative estimate of drug-likeness (QED) is 0.585. The minimum Gasteiger partial charge on any atom is -0.379 e. The van der Waals surface area contributed by atoms with E-state index in [0.717, 1.165) is 11.0 Å². The summed E-state index contributed by atoms with van der Waals surface area (Å²) in [6.45, 7) is 1.10. The minimum absolute atomic E-state index is 0.0440. The predicted molar refractivity (Wildman–Crippen MR) is 93.2 cm³/mol. The maximum absolute atomic E-state index is 13.0. The lowest BCUT2D eigenvalue weighted by Gasteiger charge is -2.26. The smallest absolute Gasteiger partial charge is 0.270 e. The highest BCUT2D eigenvalue weighted by atomic mass is 32.2. The van der Waals surface area contributed by atoms with Crippen LogP contribution in [0.15, 0.2) is 63.2 Å². The SMILES string of the molecule is O=[N+]([O-])c1ccc(Sc2ccccc2)c(S(=O)(=O)N2CCOCC2)c1. The van der Waals surface area contributed by atoms with Gasteiger partial charge in [0.25, 0.3) is 5.69 Å². The van der Waals surface area contributed by atoms with Gasteiger partial charge in [-0.3, -0.25) is 10.1 Å². The molecular weight excluding hydrogens is 364 g/mol. The van der Waals surface area contributed by atoms with Gasteiger partial charge in [-0.15, -0.1) is 0 Å². The number of sulfonamides is 1. The average Bonchev–Trinajstić information content (AvgIpc) is 2.63. The van der Waals surface area contributed by atoms with Gasteiger partial charge in [-0.25, -0.2) is 8.42 Å². The second kappa shape index (κ2) is 7.52. The summed E-state index contributed by atoms with van der Waals surface area (Å²) in [6, 6.07) is 13.2. The summed E-state index contributed by atoms with van der Waals surface area (Å²) in [6.07, 6.45) is 0. The van der Waals surface area contributed by atoms with Crippen LogP contribution >= 0.6 is 11.8 Å². The molecule has 0 saturated carbocycles. The van der Waals surface area contributed by atoms with Crippen LogP contribution in [0.2, 0.25) is 0 Å². The standard InChI is InChI=1S/C16H16N2O5S2/c19-18(20)13-6-7-15(24-14-4-2-1-3-5-14)16(12-13)25(21,22)17-8-10-23-11-9-17/h1-7,12H,8-11H2. The van der Waals surface area contributed by atoms with Crippen LogP contribution in [0.4, 0.5) is 5.69 Å². The van der Waals surface area contributed by atoms with Crippen molar-refractivity contribution in [2.45, 2.75) is 14.7 Å². The van der Waals surface area contributed by atoms with Gasteiger partial charge in [-0.05, 0) is 18.2 Å². The van der Waals surface area contributed by atoms with Crippen LogP contribution in [0.5, 0.6) is 0 Å². The molecule has 9 heteroatoms. The number of hydrogen-bond acceptors (Lipinski definition) is 6. The maximum Gasteiger partial charge on any atom is 0.270 e. The molecule has 1 aliphatic rings. The van der Waals surface area contributed by atoms with Gasteiger partial charge in [0.05, 0.1) is 18.1 Å². The van der Waals surface area contributed by atoms with Gasteiger partial charge in [0, 0.05) is 35.0 Å². The van der Waals surface area contributed by atoms with Crippen molar-refractivity contribution in [3.8, 4) is 0 Å². The number of ether oxygens (including phenoxy) is 1. The van der Waals surface area contributed by atoms with E-state index >= 15 is 0 Å². The van der Waals surface area contributed by atoms with Crippen LogP contribution in [-0.4, -0.2) is 43.9 Å². The molecule has 0 unspecified atom stereocenters. The van der Waals surface area contributed by atoms with E-state index in [4.69, 9.17) is 4.74 Å². The van der Waals surface area contributed by atoms with Gasteiger partial charge in [-0.1, -0.05) is 30.0 Å². The lowest BCUT2D eigenvalue weighted by atomic mass is 10.3. The zero-order valence-electron chi connectivity index (χ0n) is 13.2. The molecule has 1 fully saturated rings. The van der Waals surface area contributed by atoms with Crippen molar-refractivity contribution in [2.24, 2.45) is 0 Å². The zero-order chi connectivity index (χ0) is 17.9. The van der Waals surface area contributed by atoms with E-state index in [-0.39, 0.29) is 23.7 Å². The van der Waals surface area contributed by atoms with Gasteiger partial charge in [0.2, 0.25) is 10.0 Å². The van der Waals surface area contributed by atoms with Gasteiger partial charge in [0.1, 0.15) is 4.90 Å². The number of hydrogen-bond donors (Lipinski definition) is 0. The first-order valence-electron chi connectivity index (χ1n) is 7.58. The first-order valence-corrected chi connectivity index (χ1v) is 9.83. The van der Waals surface area contributed by atoms with E-state index in [9.17, 15) is 18.5 Å². The average molecular weight is 380 g/mol. The van der Waals surface area contributed by atoms with Crippen molar-refractivity contribution in [1.82, 2.24) is 4.31 Å². The van der Waals surface area contributed by atoms with Crippen LogP contribution in [0, 0.1) is 10.1 Å². The first kappa shape index (κ1) is 17.9. The van der Waals surface area contributed by atoms with Crippen LogP contribution < -0.4 is 0 Å². The Bertz CT molecular complexity index is 865. The Morgan fingerprint density at radius 1 is 1.08 bits per heavy atom. The molecule has 0 radical (unpaired) electrons. The fourth-order valence-corrected chi connectivity index (χ4v) is 5.22. The zero-order valence-corrected chi connectivity index (χ0v) is 14.8. The molecule has 0 amide bonds. The van der Waals surface area contributed by atoms with Crippen molar-refractivity contribution in [1.29, 1.82) is 0 Å². The third-order valence-corrected chi connectivity index (χ3v) is 6.85. The summed E-state index contributed by atoms with van der Waals surface area (Å²) in [7, 11) is -3.84. The molecule has 1 saturated heterocycles. The molecule has 7 nitrogen and oxygen atoms in total. The molecule has 0 aliphatic carbocycles. The van der Waals surface area contributed by atoms with Crippen molar-refractivity contribution in [3.05, 3.63) is 58.6 Å². The largest absolute Gasteiger partial charge is 0.379 e. The number of rotatable bonds is 5. The molecule has 2 aromatic rings. The summed E-state index contributed by atoms with van der Waals surface area (Å²) < 4.78 is 32.5. The first-order chi connectivity index (χ1) is 12.0. The number of benzene rings is 2. The van der Waals surface area contributed by atoms with Gasteiger partial charge in [0.15, 0.2) is 0 Å². The van der Waals surface area contributed by atoms with Crippen LogP contribution in [0.25, 0.3) is 0 Å². The molecule has 2 aromatic carbocycles. The third kappa shape index (κ3) is 4.01. The Labute approximate surface area is 149 Å². The number of nitro benzene ring substituents is 1. The highest BCUT2D eigenvalue weighted by Gasteiger charge is 2.30. The van der Waals surface area contributed by atoms with E-state index in [1.807, 2.05) is 30.3 Å². The topological polar surface area (TPSA) is 89.8 Å². The highest BCUT2D eigenvalue weighted by molar-refractivity contribution is 8.00. The Balaban J connectivity index is 2.04. The molecule has 1 aliphatic heterocycles. The highest BCUT2D eigenvalue weighted by Crippen LogP contribution is 2.36. The molecule has 0 N–H and O–H groups in total. The van der Waals surface area contributed by atoms with E-state index < -0.39 is 14.9 Å². The van der Waals surface area contributed by atoms with Crippen LogP contribution in [-0.2, 0) is 14.8 Å². The second-order valence-electron chi connectivity index (χ2n) is 5.32. The molecule has 0 aromatic heterocycles. The summed E-state index contributed by atoms with van der Waals surface area (Å²) in [5.41, 5.74) is -0.246. The lowest BCUT2D eigenvalue weighted by molar-refractivity contribution is -0.385. The van der Waals surface area contributed by atoms with Gasteiger partial charge >= 0.3 is 0 Å². The van der Waals surface area contributed by atoms with E-state index in [2.05, 4.69) is 0 Å². The Kier molecular flexibility index (Phi) is 5.38. The summed E-state index contributed by atoms with van der Waals surface area (Å²) in [5.74, 6) is 0. The fraction of sp³-hybridized carbons (Fsp3) is 0.250. The lowest BCUT2D eigenvalue weighted by Crippen LogP contribution is -2.40. The molecule has 0 atom stereocenters. The second-order valence-corrected chi connectivity index (χ2v) is 8.34. The molecule has 0 spiro atoms. The normalized spacial score (nSPS) is 15.8. The van der Waals surface area contributed by atoms with Gasteiger partial charge in [-0.2, -0.15) is 4.31 Å². The van der Waals surface area contributed by atoms with Crippen LogP contribution in [0.3, 0.4) is 0 Å². The molecule has 1 heterocycles. The van der Waals surface area contributed by atoms with E-state index in [1.54, 1.807) is 0 Å². The van der Waals surface area contributed by atoms with Crippen molar-refractivity contribution < 1.29 is 18.1 Å². The summed E-state index contributed by atoms with van der Waals surface area (Å²) in [5, 5.41) is 11.1. The van der Waals surface area contributed by atoms with Crippen molar-refractivity contribution in [2.75, 3.05) is 26.3 Å². The summed E-state index contributed by atoms with van der Waals surface area (Å²) >= 11 is 1.27.